The molecule has 3 rings (SSSR count). The van der Waals surface area contributed by atoms with Crippen LogP contribution in [0.4, 0.5) is 5.69 Å². The Kier molecular flexibility index (Phi) is 2.91. The minimum absolute atomic E-state index is 0.113. The van der Waals surface area contributed by atoms with E-state index >= 15 is 0 Å². The average molecular weight is 247 g/mol. The summed E-state index contributed by atoms with van der Waals surface area (Å²) in [7, 11) is 0. The molecule has 5 nitrogen and oxygen atoms in total. The van der Waals surface area contributed by atoms with E-state index in [9.17, 15) is 4.79 Å². The number of carboxylic acids is 1. The molecule has 1 aliphatic carbocycles. The molecule has 1 atom stereocenters. The van der Waals surface area contributed by atoms with Crippen molar-refractivity contribution in [3.8, 4) is 0 Å². The van der Waals surface area contributed by atoms with Gasteiger partial charge in [-0.2, -0.15) is 0 Å². The van der Waals surface area contributed by atoms with E-state index in [1.165, 1.54) is 19.0 Å². The summed E-state index contributed by atoms with van der Waals surface area (Å²) >= 11 is 0. The Morgan fingerprint density at radius 3 is 3.00 bits per heavy atom. The Morgan fingerprint density at radius 1 is 1.44 bits per heavy atom. The van der Waals surface area contributed by atoms with Crippen molar-refractivity contribution in [2.24, 2.45) is 0 Å². The van der Waals surface area contributed by atoms with Gasteiger partial charge in [-0.05, 0) is 31.4 Å². The number of carboxylic acid groups (broad SMARTS) is 1. The largest absolute Gasteiger partial charge is 0.476 e. The molecule has 1 aromatic rings. The predicted molar refractivity (Wildman–Crippen MR) is 67.8 cm³/mol. The van der Waals surface area contributed by atoms with Crippen molar-refractivity contribution in [2.75, 3.05) is 18.4 Å². The highest BCUT2D eigenvalue weighted by Crippen LogP contribution is 2.30. The summed E-state index contributed by atoms with van der Waals surface area (Å²) in [5, 5.41) is 12.4. The highest BCUT2D eigenvalue weighted by atomic mass is 16.4. The minimum atomic E-state index is -0.977. The van der Waals surface area contributed by atoms with E-state index < -0.39 is 5.97 Å². The first-order valence-electron chi connectivity index (χ1n) is 6.43. The third-order valence-electron chi connectivity index (χ3n) is 3.65. The Balaban J connectivity index is 1.67. The number of hydrogen-bond donors (Lipinski definition) is 2. The molecule has 2 fully saturated rings. The number of likely N-dealkylation sites (tertiary alicyclic amines) is 1. The zero-order chi connectivity index (χ0) is 12.5. The van der Waals surface area contributed by atoms with Crippen LogP contribution in [0.2, 0.25) is 0 Å². The summed E-state index contributed by atoms with van der Waals surface area (Å²) in [5.74, 6) is -0.977. The van der Waals surface area contributed by atoms with Gasteiger partial charge in [0.25, 0.3) is 0 Å². The fraction of sp³-hybridized carbons (Fsp3) is 0.538. The summed E-state index contributed by atoms with van der Waals surface area (Å²) < 4.78 is 0. The number of rotatable bonds is 4. The molecule has 1 unspecified atom stereocenters. The number of nitrogens with zero attached hydrogens (tertiary/aromatic N) is 2. The lowest BCUT2D eigenvalue weighted by molar-refractivity contribution is 0.0691. The molecule has 96 valence electrons. The number of hydrogen-bond acceptors (Lipinski definition) is 4. The molecule has 2 N–H and O–H groups in total. The Hall–Kier alpha value is -1.62. The summed E-state index contributed by atoms with van der Waals surface area (Å²) in [6.07, 6.45) is 5.23. The summed E-state index contributed by atoms with van der Waals surface area (Å²) in [6.45, 7) is 2.13. The van der Waals surface area contributed by atoms with Crippen molar-refractivity contribution in [3.05, 3.63) is 24.0 Å². The topological polar surface area (TPSA) is 65.5 Å². The van der Waals surface area contributed by atoms with Crippen molar-refractivity contribution >= 4 is 11.7 Å². The van der Waals surface area contributed by atoms with Gasteiger partial charge in [0, 0.05) is 31.4 Å². The third kappa shape index (κ3) is 2.31. The molecule has 1 saturated carbocycles. The second-order valence-corrected chi connectivity index (χ2v) is 5.06. The average Bonchev–Trinajstić information content (AvgIpc) is 3.11. The van der Waals surface area contributed by atoms with Crippen LogP contribution in [0.25, 0.3) is 0 Å². The van der Waals surface area contributed by atoms with E-state index in [0.29, 0.717) is 11.7 Å². The third-order valence-corrected chi connectivity index (χ3v) is 3.65. The van der Waals surface area contributed by atoms with Gasteiger partial charge in [0.1, 0.15) is 0 Å². The first-order valence-corrected chi connectivity index (χ1v) is 6.43. The summed E-state index contributed by atoms with van der Waals surface area (Å²) in [6, 6.07) is 4.68. The normalized spacial score (nSPS) is 24.1. The molecule has 2 aliphatic rings. The molecular weight excluding hydrogens is 230 g/mol. The van der Waals surface area contributed by atoms with Gasteiger partial charge in [-0.3, -0.25) is 4.90 Å². The first-order chi connectivity index (χ1) is 8.74. The monoisotopic (exact) mass is 247 g/mol. The fourth-order valence-corrected chi connectivity index (χ4v) is 2.59. The SMILES string of the molecule is O=C(O)c1ncccc1NC1CCN(C2CC2)C1. The standard InChI is InChI=1S/C13H17N3O2/c17-13(18)12-11(2-1-6-14-12)15-9-5-7-16(8-9)10-3-4-10/h1-2,6,9-10,15H,3-5,7-8H2,(H,17,18). The van der Waals surface area contributed by atoms with Crippen LogP contribution in [0.5, 0.6) is 0 Å². The molecule has 5 heteroatoms. The highest BCUT2D eigenvalue weighted by molar-refractivity contribution is 5.91. The zero-order valence-electron chi connectivity index (χ0n) is 10.2. The van der Waals surface area contributed by atoms with Gasteiger partial charge in [0.2, 0.25) is 0 Å². The fourth-order valence-electron chi connectivity index (χ4n) is 2.59. The van der Waals surface area contributed by atoms with Gasteiger partial charge >= 0.3 is 5.97 Å². The van der Waals surface area contributed by atoms with Gasteiger partial charge < -0.3 is 10.4 Å². The summed E-state index contributed by atoms with van der Waals surface area (Å²) in [4.78, 5) is 17.5. The molecule has 1 saturated heterocycles. The molecule has 0 aromatic carbocycles. The Labute approximate surface area is 106 Å². The molecule has 1 aliphatic heterocycles. The molecule has 0 amide bonds. The number of pyridine rings is 1. The molecule has 0 radical (unpaired) electrons. The van der Waals surface area contributed by atoms with Gasteiger partial charge in [-0.25, -0.2) is 9.78 Å². The van der Waals surface area contributed by atoms with Crippen LogP contribution in [0.3, 0.4) is 0 Å². The van der Waals surface area contributed by atoms with E-state index in [2.05, 4.69) is 15.2 Å². The number of nitrogens with one attached hydrogen (secondary N) is 1. The summed E-state index contributed by atoms with van der Waals surface area (Å²) in [5.41, 5.74) is 0.745. The van der Waals surface area contributed by atoms with Crippen LogP contribution < -0.4 is 5.32 Å². The predicted octanol–water partition coefficient (Wildman–Crippen LogP) is 1.43. The second-order valence-electron chi connectivity index (χ2n) is 5.06. The maximum Gasteiger partial charge on any atom is 0.356 e. The quantitative estimate of drug-likeness (QED) is 0.842. The van der Waals surface area contributed by atoms with Gasteiger partial charge in [0.05, 0.1) is 5.69 Å². The number of carbonyl (C=O) groups is 1. The van der Waals surface area contributed by atoms with Crippen molar-refractivity contribution in [1.29, 1.82) is 0 Å². The van der Waals surface area contributed by atoms with Crippen LogP contribution in [-0.2, 0) is 0 Å². The van der Waals surface area contributed by atoms with Gasteiger partial charge in [-0.15, -0.1) is 0 Å². The maximum atomic E-state index is 11.1. The molecule has 0 spiro atoms. The van der Waals surface area contributed by atoms with Crippen LogP contribution in [-0.4, -0.2) is 46.1 Å². The molecule has 0 bridgehead atoms. The van der Waals surface area contributed by atoms with Crippen LogP contribution >= 0.6 is 0 Å². The molecule has 1 aromatic heterocycles. The van der Waals surface area contributed by atoms with E-state index in [1.54, 1.807) is 12.1 Å². The molecular formula is C13H17N3O2. The molecule has 18 heavy (non-hydrogen) atoms. The van der Waals surface area contributed by atoms with Crippen LogP contribution in [0, 0.1) is 0 Å². The van der Waals surface area contributed by atoms with Crippen LogP contribution in [0.15, 0.2) is 18.3 Å². The van der Waals surface area contributed by atoms with E-state index in [1.807, 2.05) is 0 Å². The minimum Gasteiger partial charge on any atom is -0.476 e. The second kappa shape index (κ2) is 4.57. The first kappa shape index (κ1) is 11.5. The zero-order valence-corrected chi connectivity index (χ0v) is 10.2. The molecule has 2 heterocycles. The number of aromatic nitrogens is 1. The van der Waals surface area contributed by atoms with E-state index in [-0.39, 0.29) is 5.69 Å². The number of aromatic carboxylic acids is 1. The van der Waals surface area contributed by atoms with Crippen molar-refractivity contribution in [1.82, 2.24) is 9.88 Å². The lowest BCUT2D eigenvalue weighted by atomic mass is 10.2. The van der Waals surface area contributed by atoms with Crippen molar-refractivity contribution in [2.45, 2.75) is 31.3 Å². The lowest BCUT2D eigenvalue weighted by Gasteiger charge is -2.17. The Morgan fingerprint density at radius 2 is 2.28 bits per heavy atom. The lowest BCUT2D eigenvalue weighted by Crippen LogP contribution is -2.28. The van der Waals surface area contributed by atoms with Crippen LogP contribution in [0.1, 0.15) is 29.8 Å². The smallest absolute Gasteiger partial charge is 0.356 e. The maximum absolute atomic E-state index is 11.1. The van der Waals surface area contributed by atoms with Crippen molar-refractivity contribution < 1.29 is 9.90 Å². The van der Waals surface area contributed by atoms with Crippen molar-refractivity contribution in [3.63, 3.8) is 0 Å². The van der Waals surface area contributed by atoms with Gasteiger partial charge in [-0.1, -0.05) is 0 Å². The highest BCUT2D eigenvalue weighted by Gasteiger charge is 2.34. The van der Waals surface area contributed by atoms with E-state index in [0.717, 1.165) is 25.6 Å². The van der Waals surface area contributed by atoms with E-state index in [4.69, 9.17) is 5.11 Å². The van der Waals surface area contributed by atoms with Gasteiger partial charge in [0.15, 0.2) is 5.69 Å². The Bertz CT molecular complexity index is 459. The number of anilines is 1.